The van der Waals surface area contributed by atoms with Crippen molar-refractivity contribution in [3.63, 3.8) is 0 Å². The first-order valence-electron chi connectivity index (χ1n) is 8.27. The average Bonchev–Trinajstić information content (AvgIpc) is 3.18. The van der Waals surface area contributed by atoms with Crippen molar-refractivity contribution >= 4 is 69.2 Å². The molecule has 1 aromatic heterocycles. The van der Waals surface area contributed by atoms with Crippen molar-refractivity contribution in [2.75, 3.05) is 6.54 Å². The molecule has 1 aliphatic rings. The van der Waals surface area contributed by atoms with Crippen molar-refractivity contribution in [1.82, 2.24) is 4.90 Å². The van der Waals surface area contributed by atoms with Crippen LogP contribution in [-0.2, 0) is 9.59 Å². The number of carbonyl (C=O) groups excluding carboxylic acids is 1. The Morgan fingerprint density at radius 3 is 2.74 bits per heavy atom. The predicted molar refractivity (Wildman–Crippen MR) is 116 cm³/mol. The molecule has 4 nitrogen and oxygen atoms in total. The number of amides is 1. The van der Waals surface area contributed by atoms with Gasteiger partial charge in [0.25, 0.3) is 5.91 Å². The maximum atomic E-state index is 12.6. The molecule has 0 radical (unpaired) electrons. The number of thiocarbonyl (C=S) groups is 1. The highest BCUT2D eigenvalue weighted by Gasteiger charge is 2.31. The summed E-state index contributed by atoms with van der Waals surface area (Å²) in [6.45, 7) is 0.449. The second-order valence-corrected chi connectivity index (χ2v) is 9.06. The van der Waals surface area contributed by atoms with Gasteiger partial charge < -0.3 is 5.11 Å². The molecule has 1 aromatic carbocycles. The Morgan fingerprint density at radius 1 is 1.22 bits per heavy atom. The number of nitrogens with zero attached hydrogens (tertiary/aromatic N) is 1. The number of carboxylic acids is 1. The molecule has 0 saturated carbocycles. The van der Waals surface area contributed by atoms with Crippen LogP contribution < -0.4 is 0 Å². The molecule has 2 heterocycles. The Kier molecular flexibility index (Phi) is 6.70. The van der Waals surface area contributed by atoms with Gasteiger partial charge in [-0.15, -0.1) is 11.3 Å². The van der Waals surface area contributed by atoms with E-state index in [4.69, 9.17) is 28.9 Å². The van der Waals surface area contributed by atoms with Crippen LogP contribution in [-0.4, -0.2) is 32.7 Å². The summed E-state index contributed by atoms with van der Waals surface area (Å²) in [5, 5.41) is 9.38. The van der Waals surface area contributed by atoms with Crippen LogP contribution in [0.3, 0.4) is 0 Å². The molecule has 3 rings (SSSR count). The smallest absolute Gasteiger partial charge is 0.303 e. The molecule has 0 bridgehead atoms. The van der Waals surface area contributed by atoms with Gasteiger partial charge in [0.1, 0.15) is 4.32 Å². The fourth-order valence-corrected chi connectivity index (χ4v) is 5.26. The lowest BCUT2D eigenvalue weighted by Crippen LogP contribution is -2.29. The van der Waals surface area contributed by atoms with Crippen LogP contribution >= 0.6 is 46.9 Å². The summed E-state index contributed by atoms with van der Waals surface area (Å²) in [5.41, 5.74) is 0.967. The van der Waals surface area contributed by atoms with Crippen LogP contribution in [0, 0.1) is 0 Å². The fourth-order valence-electron chi connectivity index (χ4n) is 2.60. The molecule has 140 valence electrons. The van der Waals surface area contributed by atoms with Gasteiger partial charge in [0.15, 0.2) is 0 Å². The largest absolute Gasteiger partial charge is 0.481 e. The quantitative estimate of drug-likeness (QED) is 0.351. The van der Waals surface area contributed by atoms with E-state index in [1.807, 2.05) is 42.5 Å². The molecule has 1 amide bonds. The summed E-state index contributed by atoms with van der Waals surface area (Å²) < 4.78 is 0.518. The fraction of sp³-hybridized carbons (Fsp3) is 0.211. The standard InChI is InChI=1S/C19H16ClNO3S3/c20-14-6-2-1-5-13(14)15-9-8-12(26-15)11-16-18(24)21(19(25)27-16)10-4-3-7-17(22)23/h1-2,5-6,8-9,11H,3-4,7,10H2,(H,22,23)/b16-11+. The van der Waals surface area contributed by atoms with Gasteiger partial charge >= 0.3 is 5.97 Å². The third-order valence-corrected chi connectivity index (χ3v) is 6.71. The molecule has 1 N–H and O–H groups in total. The molecule has 0 unspecified atom stereocenters. The SMILES string of the molecule is O=C(O)CCCCN1C(=O)/C(=C\c2ccc(-c3ccccc3Cl)s2)SC1=S. The van der Waals surface area contributed by atoms with Gasteiger partial charge in [-0.25, -0.2) is 0 Å². The van der Waals surface area contributed by atoms with Crippen molar-refractivity contribution in [2.45, 2.75) is 19.3 Å². The third kappa shape index (κ3) is 4.99. The lowest BCUT2D eigenvalue weighted by molar-refractivity contribution is -0.137. The molecule has 1 aliphatic heterocycles. The van der Waals surface area contributed by atoms with E-state index in [9.17, 15) is 9.59 Å². The summed E-state index contributed by atoms with van der Waals surface area (Å²) in [5.74, 6) is -0.944. The number of halogens is 1. The second-order valence-electron chi connectivity index (χ2n) is 5.87. The van der Waals surface area contributed by atoms with Crippen molar-refractivity contribution in [2.24, 2.45) is 0 Å². The zero-order valence-electron chi connectivity index (χ0n) is 14.2. The van der Waals surface area contributed by atoms with Gasteiger partial charge in [-0.05, 0) is 37.1 Å². The number of unbranched alkanes of at least 4 members (excludes halogenated alkanes) is 1. The van der Waals surface area contributed by atoms with Gasteiger partial charge in [0.2, 0.25) is 0 Å². The summed E-state index contributed by atoms with van der Waals surface area (Å²) >= 11 is 14.4. The lowest BCUT2D eigenvalue weighted by Gasteiger charge is -2.13. The second kappa shape index (κ2) is 9.01. The number of hydrogen-bond donors (Lipinski definition) is 1. The van der Waals surface area contributed by atoms with Crippen LogP contribution in [0.2, 0.25) is 5.02 Å². The number of rotatable bonds is 7. The average molecular weight is 438 g/mol. The zero-order valence-corrected chi connectivity index (χ0v) is 17.4. The minimum Gasteiger partial charge on any atom is -0.481 e. The van der Waals surface area contributed by atoms with Crippen molar-refractivity contribution < 1.29 is 14.7 Å². The molecule has 0 atom stereocenters. The lowest BCUT2D eigenvalue weighted by atomic mass is 10.2. The van der Waals surface area contributed by atoms with Crippen molar-refractivity contribution in [1.29, 1.82) is 0 Å². The minimum atomic E-state index is -0.827. The first-order chi connectivity index (χ1) is 13.0. The van der Waals surface area contributed by atoms with Gasteiger partial charge in [-0.3, -0.25) is 14.5 Å². The number of hydrogen-bond acceptors (Lipinski definition) is 5. The van der Waals surface area contributed by atoms with Crippen LogP contribution in [0.1, 0.15) is 24.1 Å². The Bertz CT molecular complexity index is 922. The van der Waals surface area contributed by atoms with Crippen LogP contribution in [0.15, 0.2) is 41.3 Å². The van der Waals surface area contributed by atoms with Crippen LogP contribution in [0.5, 0.6) is 0 Å². The molecule has 27 heavy (non-hydrogen) atoms. The first kappa shape index (κ1) is 20.1. The summed E-state index contributed by atoms with van der Waals surface area (Å²) in [6.07, 6.45) is 3.09. The Labute approximate surface area is 175 Å². The molecule has 0 aliphatic carbocycles. The van der Waals surface area contributed by atoms with Gasteiger partial charge in [-0.1, -0.05) is 53.8 Å². The number of carboxylic acid groups (broad SMARTS) is 1. The monoisotopic (exact) mass is 437 g/mol. The predicted octanol–water partition coefficient (Wildman–Crippen LogP) is 5.52. The highest BCUT2D eigenvalue weighted by Crippen LogP contribution is 2.37. The third-order valence-electron chi connectivity index (χ3n) is 3.94. The first-order valence-corrected chi connectivity index (χ1v) is 10.7. The van der Waals surface area contributed by atoms with Gasteiger partial charge in [0, 0.05) is 33.3 Å². The summed E-state index contributed by atoms with van der Waals surface area (Å²) in [4.78, 5) is 27.3. The Hall–Kier alpha value is -1.67. The highest BCUT2D eigenvalue weighted by atomic mass is 35.5. The van der Waals surface area contributed by atoms with E-state index in [2.05, 4.69) is 0 Å². The van der Waals surface area contributed by atoms with Crippen molar-refractivity contribution in [3.8, 4) is 10.4 Å². The van der Waals surface area contributed by atoms with E-state index in [1.54, 1.807) is 16.2 Å². The topological polar surface area (TPSA) is 57.6 Å². The number of aliphatic carboxylic acids is 1. The number of carbonyl (C=O) groups is 2. The van der Waals surface area contributed by atoms with E-state index < -0.39 is 5.97 Å². The zero-order chi connectivity index (χ0) is 19.4. The number of thiophene rings is 1. The van der Waals surface area contributed by atoms with E-state index in [1.165, 1.54) is 11.8 Å². The number of benzene rings is 1. The molecular weight excluding hydrogens is 422 g/mol. The summed E-state index contributed by atoms with van der Waals surface area (Å²) in [7, 11) is 0. The molecule has 0 spiro atoms. The summed E-state index contributed by atoms with van der Waals surface area (Å²) in [6, 6.07) is 11.6. The molecular formula is C19H16ClNO3S3. The van der Waals surface area contributed by atoms with E-state index >= 15 is 0 Å². The van der Waals surface area contributed by atoms with Gasteiger partial charge in [-0.2, -0.15) is 0 Å². The molecule has 2 aromatic rings. The van der Waals surface area contributed by atoms with E-state index in [-0.39, 0.29) is 12.3 Å². The maximum absolute atomic E-state index is 12.6. The number of thioether (sulfide) groups is 1. The van der Waals surface area contributed by atoms with Crippen LogP contribution in [0.4, 0.5) is 0 Å². The molecule has 1 saturated heterocycles. The van der Waals surface area contributed by atoms with Crippen molar-refractivity contribution in [3.05, 3.63) is 51.2 Å². The molecule has 1 fully saturated rings. The van der Waals surface area contributed by atoms with E-state index in [0.29, 0.717) is 33.6 Å². The van der Waals surface area contributed by atoms with Crippen LogP contribution in [0.25, 0.3) is 16.5 Å². The molecule has 8 heteroatoms. The Balaban J connectivity index is 1.69. The maximum Gasteiger partial charge on any atom is 0.303 e. The normalized spacial score (nSPS) is 15.7. The van der Waals surface area contributed by atoms with E-state index in [0.717, 1.165) is 15.3 Å². The highest BCUT2D eigenvalue weighted by molar-refractivity contribution is 8.26. The van der Waals surface area contributed by atoms with Gasteiger partial charge in [0.05, 0.1) is 4.91 Å². The minimum absolute atomic E-state index is 0.102. The Morgan fingerprint density at radius 2 is 2.00 bits per heavy atom.